The molecule has 0 saturated heterocycles. The SMILES string of the molecule is Cc1cccc([N-]c2ccccc2[N-]c2cccc(C)c2)c1.[Cl][Ti][Cl]. The van der Waals surface area contributed by atoms with Crippen molar-refractivity contribution < 1.29 is 17.0 Å². The van der Waals surface area contributed by atoms with Gasteiger partial charge in [0.15, 0.2) is 0 Å². The molecule has 0 fully saturated rings. The van der Waals surface area contributed by atoms with Crippen LogP contribution in [-0.4, -0.2) is 0 Å². The zero-order chi connectivity index (χ0) is 18.1. The van der Waals surface area contributed by atoms with E-state index in [0.29, 0.717) is 0 Å². The second kappa shape index (κ2) is 10.5. The van der Waals surface area contributed by atoms with Crippen molar-refractivity contribution in [2.45, 2.75) is 13.8 Å². The molecule has 0 spiro atoms. The Hall–Kier alpha value is -1.45. The summed E-state index contributed by atoms with van der Waals surface area (Å²) in [5.74, 6) is 0. The van der Waals surface area contributed by atoms with E-state index in [-0.39, 0.29) is 0 Å². The van der Waals surface area contributed by atoms with Crippen molar-refractivity contribution in [1.82, 2.24) is 0 Å². The van der Waals surface area contributed by atoms with Gasteiger partial charge in [0.25, 0.3) is 0 Å². The normalized spacial score (nSPS) is 9.60. The van der Waals surface area contributed by atoms with Crippen LogP contribution in [0.5, 0.6) is 0 Å². The second-order valence-electron chi connectivity index (χ2n) is 5.46. The van der Waals surface area contributed by atoms with Gasteiger partial charge >= 0.3 is 35.6 Å². The molecule has 0 heterocycles. The Morgan fingerprint density at radius 3 is 1.40 bits per heavy atom. The van der Waals surface area contributed by atoms with Gasteiger partial charge in [0.05, 0.1) is 0 Å². The Kier molecular flexibility index (Phi) is 8.37. The third-order valence-electron chi connectivity index (χ3n) is 3.38. The number of nitrogens with zero attached hydrogens (tertiary/aromatic N) is 2. The van der Waals surface area contributed by atoms with E-state index in [1.165, 1.54) is 11.1 Å². The van der Waals surface area contributed by atoms with Crippen LogP contribution in [0.3, 0.4) is 0 Å². The second-order valence-corrected chi connectivity index (χ2v) is 8.04. The summed E-state index contributed by atoms with van der Waals surface area (Å²) in [5, 5.41) is 9.45. The minimum absolute atomic E-state index is 0.556. The molecule has 0 bridgehead atoms. The van der Waals surface area contributed by atoms with E-state index in [4.69, 9.17) is 29.2 Å². The Bertz CT molecular complexity index is 742. The summed E-state index contributed by atoms with van der Waals surface area (Å²) in [6, 6.07) is 24.3. The van der Waals surface area contributed by atoms with Crippen LogP contribution in [0, 0.1) is 13.8 Å². The predicted octanol–water partition coefficient (Wildman–Crippen LogP) is 8.35. The first-order valence-electron chi connectivity index (χ1n) is 7.74. The molecule has 0 atom stereocenters. The fourth-order valence-corrected chi connectivity index (χ4v) is 2.33. The first-order chi connectivity index (χ1) is 12.1. The Labute approximate surface area is 166 Å². The molecule has 25 heavy (non-hydrogen) atoms. The summed E-state index contributed by atoms with van der Waals surface area (Å²) in [5.41, 5.74) is 6.08. The number of halogens is 2. The number of para-hydroxylation sites is 2. The van der Waals surface area contributed by atoms with Crippen LogP contribution >= 0.6 is 18.6 Å². The Morgan fingerprint density at radius 2 is 1.04 bits per heavy atom. The predicted molar refractivity (Wildman–Crippen MR) is 106 cm³/mol. The molecule has 0 unspecified atom stereocenters. The van der Waals surface area contributed by atoms with Crippen LogP contribution in [0.1, 0.15) is 11.1 Å². The fraction of sp³-hybridized carbons (Fsp3) is 0.100. The van der Waals surface area contributed by atoms with Crippen LogP contribution in [0.15, 0.2) is 72.8 Å². The molecule has 128 valence electrons. The van der Waals surface area contributed by atoms with Gasteiger partial charge in [0.1, 0.15) is 0 Å². The van der Waals surface area contributed by atoms with Crippen LogP contribution < -0.4 is 0 Å². The number of rotatable bonds is 4. The van der Waals surface area contributed by atoms with Gasteiger partial charge in [-0.3, -0.25) is 0 Å². The minimum atomic E-state index is -0.556. The molecule has 3 rings (SSSR count). The molecule has 0 aliphatic rings. The molecular weight excluding hydrogens is 387 g/mol. The molecule has 3 aromatic carbocycles. The summed E-state index contributed by atoms with van der Waals surface area (Å²) >= 11 is -0.556. The molecule has 0 amide bonds. The molecule has 0 saturated carbocycles. The van der Waals surface area contributed by atoms with Gasteiger partial charge in [0, 0.05) is 0 Å². The summed E-state index contributed by atoms with van der Waals surface area (Å²) in [6.07, 6.45) is 0. The third kappa shape index (κ3) is 6.76. The number of benzene rings is 3. The zero-order valence-electron chi connectivity index (χ0n) is 14.1. The average Bonchev–Trinajstić information content (AvgIpc) is 2.57. The third-order valence-corrected chi connectivity index (χ3v) is 3.38. The van der Waals surface area contributed by atoms with Crippen LogP contribution in [0.4, 0.5) is 22.7 Å². The van der Waals surface area contributed by atoms with E-state index in [1.54, 1.807) is 0 Å². The molecule has 0 aliphatic heterocycles. The summed E-state index contributed by atoms with van der Waals surface area (Å²) in [4.78, 5) is 0. The fourth-order valence-electron chi connectivity index (χ4n) is 2.33. The van der Waals surface area contributed by atoms with Crippen molar-refractivity contribution in [3.63, 3.8) is 0 Å². The Morgan fingerprint density at radius 1 is 0.640 bits per heavy atom. The molecule has 3 aromatic rings. The van der Waals surface area contributed by atoms with Crippen molar-refractivity contribution in [3.05, 3.63) is 94.6 Å². The van der Waals surface area contributed by atoms with Crippen molar-refractivity contribution in [2.75, 3.05) is 0 Å². The molecule has 0 N–H and O–H groups in total. The van der Waals surface area contributed by atoms with Crippen molar-refractivity contribution in [2.24, 2.45) is 0 Å². The van der Waals surface area contributed by atoms with Crippen LogP contribution in [0.2, 0.25) is 0 Å². The van der Waals surface area contributed by atoms with Gasteiger partial charge in [-0.2, -0.15) is 11.4 Å². The maximum absolute atomic E-state index is 4.89. The van der Waals surface area contributed by atoms with Gasteiger partial charge < -0.3 is 10.6 Å². The quantitative estimate of drug-likeness (QED) is 0.390. The average molecular weight is 405 g/mol. The monoisotopic (exact) mass is 404 g/mol. The van der Waals surface area contributed by atoms with Crippen molar-refractivity contribution >= 4 is 41.4 Å². The van der Waals surface area contributed by atoms with Crippen LogP contribution in [-0.2, 0) is 17.0 Å². The Balaban J connectivity index is 0.000000701. The molecule has 0 radical (unpaired) electrons. The number of hydrogen-bond acceptors (Lipinski definition) is 0. The first-order valence-corrected chi connectivity index (χ1v) is 12.0. The molecule has 5 heteroatoms. The van der Waals surface area contributed by atoms with Gasteiger partial charge in [-0.1, -0.05) is 83.9 Å². The molecule has 0 aliphatic carbocycles. The van der Waals surface area contributed by atoms with E-state index in [1.807, 2.05) is 48.5 Å². The molecule has 2 nitrogen and oxygen atoms in total. The van der Waals surface area contributed by atoms with E-state index >= 15 is 0 Å². The topological polar surface area (TPSA) is 28.2 Å². The van der Waals surface area contributed by atoms with E-state index in [2.05, 4.69) is 38.1 Å². The van der Waals surface area contributed by atoms with E-state index in [0.717, 1.165) is 22.7 Å². The summed E-state index contributed by atoms with van der Waals surface area (Å²) in [7, 11) is 9.78. The van der Waals surface area contributed by atoms with E-state index in [9.17, 15) is 0 Å². The molecular formula is C20H18Cl2N2Ti-2. The zero-order valence-corrected chi connectivity index (χ0v) is 17.2. The van der Waals surface area contributed by atoms with Crippen molar-refractivity contribution in [3.8, 4) is 0 Å². The van der Waals surface area contributed by atoms with Crippen molar-refractivity contribution in [1.29, 1.82) is 0 Å². The van der Waals surface area contributed by atoms with Crippen LogP contribution in [0.25, 0.3) is 10.6 Å². The standard InChI is InChI=1S/C20H18N2.2ClH.Ti/c1-15-7-5-9-17(13-15)21-19-11-3-4-12-20(19)22-18-10-6-8-16(2)14-18;;;/h3-14H,1-2H3;2*1H;/q-2;;;+2/p-2. The van der Waals surface area contributed by atoms with Gasteiger partial charge in [-0.25, -0.2) is 0 Å². The molecule has 0 aromatic heterocycles. The van der Waals surface area contributed by atoms with Gasteiger partial charge in [-0.15, -0.1) is 11.4 Å². The number of hydrogen-bond donors (Lipinski definition) is 0. The van der Waals surface area contributed by atoms with Gasteiger partial charge in [0.2, 0.25) is 0 Å². The summed E-state index contributed by atoms with van der Waals surface area (Å²) < 4.78 is 0. The maximum atomic E-state index is 4.89. The summed E-state index contributed by atoms with van der Waals surface area (Å²) in [6.45, 7) is 4.14. The van der Waals surface area contributed by atoms with E-state index < -0.39 is 17.0 Å². The number of aryl methyl sites for hydroxylation is 2. The van der Waals surface area contributed by atoms with Gasteiger partial charge in [-0.05, 0) is 13.8 Å². The first kappa shape index (κ1) is 19.9.